The first-order chi connectivity index (χ1) is 11.5. The average molecular weight is 353 g/mol. The van der Waals surface area contributed by atoms with Gasteiger partial charge in [0, 0.05) is 17.7 Å². The maximum Gasteiger partial charge on any atom is 0.326 e. The van der Waals surface area contributed by atoms with Gasteiger partial charge in [-0.3, -0.25) is 4.79 Å². The fourth-order valence-corrected chi connectivity index (χ4v) is 2.64. The van der Waals surface area contributed by atoms with Crippen LogP contribution in [0.5, 0.6) is 11.5 Å². The number of carbonyl (C=O) groups is 2. The van der Waals surface area contributed by atoms with Gasteiger partial charge in [0.05, 0.1) is 14.2 Å². The molecule has 1 atom stereocenters. The van der Waals surface area contributed by atoms with Gasteiger partial charge in [0.2, 0.25) is 5.91 Å². The van der Waals surface area contributed by atoms with Crippen molar-refractivity contribution in [3.63, 3.8) is 0 Å². The zero-order valence-corrected chi connectivity index (χ0v) is 14.9. The minimum Gasteiger partial charge on any atom is -0.497 e. The lowest BCUT2D eigenvalue weighted by Gasteiger charge is -2.12. The number of carbonyl (C=O) groups excluding carboxylic acids is 1. The van der Waals surface area contributed by atoms with Crippen molar-refractivity contribution in [1.29, 1.82) is 0 Å². The van der Waals surface area contributed by atoms with E-state index in [4.69, 9.17) is 14.6 Å². The molecule has 0 heterocycles. The van der Waals surface area contributed by atoms with E-state index in [1.54, 1.807) is 43.1 Å². The number of hydrogen-bond acceptors (Lipinski definition) is 5. The van der Waals surface area contributed by atoms with Gasteiger partial charge in [-0.05, 0) is 36.1 Å². The lowest BCUT2D eigenvalue weighted by atomic mass is 10.1. The number of ether oxygens (including phenoxy) is 2. The Balaban J connectivity index is 2.71. The second-order valence-electron chi connectivity index (χ2n) is 4.83. The molecule has 0 aliphatic rings. The lowest BCUT2D eigenvalue weighted by molar-refractivity contribution is -0.141. The SMILES string of the molecule is CCSCCC(NC(=O)/C=C/c1ccc(OC)cc1OC)C(=O)O. The summed E-state index contributed by atoms with van der Waals surface area (Å²) in [6, 6.07) is 4.33. The molecular weight excluding hydrogens is 330 g/mol. The molecule has 0 spiro atoms. The van der Waals surface area contributed by atoms with E-state index in [0.717, 1.165) is 5.75 Å². The maximum absolute atomic E-state index is 12.0. The molecule has 0 aliphatic heterocycles. The summed E-state index contributed by atoms with van der Waals surface area (Å²) in [7, 11) is 3.08. The van der Waals surface area contributed by atoms with Gasteiger partial charge >= 0.3 is 5.97 Å². The summed E-state index contributed by atoms with van der Waals surface area (Å²) in [5, 5.41) is 11.7. The highest BCUT2D eigenvalue weighted by Crippen LogP contribution is 2.25. The van der Waals surface area contributed by atoms with Crippen molar-refractivity contribution in [3.05, 3.63) is 29.8 Å². The fourth-order valence-electron chi connectivity index (χ4n) is 1.94. The fraction of sp³-hybridized carbons (Fsp3) is 0.412. The highest BCUT2D eigenvalue weighted by atomic mass is 32.2. The minimum atomic E-state index is -1.03. The molecule has 6 nitrogen and oxygen atoms in total. The van der Waals surface area contributed by atoms with E-state index in [9.17, 15) is 9.59 Å². The number of carboxylic acids is 1. The van der Waals surface area contributed by atoms with E-state index in [-0.39, 0.29) is 0 Å². The quantitative estimate of drug-likeness (QED) is 0.496. The van der Waals surface area contributed by atoms with Crippen molar-refractivity contribution in [2.24, 2.45) is 0 Å². The average Bonchev–Trinajstić information content (AvgIpc) is 2.58. The predicted molar refractivity (Wildman–Crippen MR) is 95.8 cm³/mol. The normalized spacial score (nSPS) is 12.0. The number of carboxylic acid groups (broad SMARTS) is 1. The highest BCUT2D eigenvalue weighted by molar-refractivity contribution is 7.99. The van der Waals surface area contributed by atoms with Crippen molar-refractivity contribution in [3.8, 4) is 11.5 Å². The van der Waals surface area contributed by atoms with E-state index in [1.165, 1.54) is 13.2 Å². The molecule has 0 saturated carbocycles. The Morgan fingerprint density at radius 3 is 2.67 bits per heavy atom. The van der Waals surface area contributed by atoms with Crippen molar-refractivity contribution in [2.75, 3.05) is 25.7 Å². The molecule has 1 rings (SSSR count). The topological polar surface area (TPSA) is 84.9 Å². The van der Waals surface area contributed by atoms with Gasteiger partial charge in [-0.1, -0.05) is 6.92 Å². The third-order valence-electron chi connectivity index (χ3n) is 3.22. The summed E-state index contributed by atoms with van der Waals surface area (Å²) in [6.07, 6.45) is 3.26. The second kappa shape index (κ2) is 10.6. The third kappa shape index (κ3) is 6.54. The van der Waals surface area contributed by atoms with Crippen molar-refractivity contribution < 1.29 is 24.2 Å². The van der Waals surface area contributed by atoms with Gasteiger partial charge in [0.1, 0.15) is 17.5 Å². The van der Waals surface area contributed by atoms with Crippen LogP contribution in [0.2, 0.25) is 0 Å². The van der Waals surface area contributed by atoms with E-state index in [2.05, 4.69) is 5.32 Å². The molecule has 1 aromatic carbocycles. The largest absolute Gasteiger partial charge is 0.497 e. The van der Waals surface area contributed by atoms with Crippen molar-refractivity contribution >= 4 is 29.7 Å². The van der Waals surface area contributed by atoms with E-state index < -0.39 is 17.9 Å². The Morgan fingerprint density at radius 1 is 1.33 bits per heavy atom. The first kappa shape index (κ1) is 19.9. The van der Waals surface area contributed by atoms with E-state index >= 15 is 0 Å². The molecule has 1 amide bonds. The van der Waals surface area contributed by atoms with Gasteiger partial charge in [-0.2, -0.15) is 11.8 Å². The monoisotopic (exact) mass is 353 g/mol. The summed E-state index contributed by atoms with van der Waals surface area (Å²) < 4.78 is 10.4. The number of methoxy groups -OCH3 is 2. The minimum absolute atomic E-state index is 0.388. The van der Waals surface area contributed by atoms with E-state index in [1.807, 2.05) is 6.92 Å². The predicted octanol–water partition coefficient (Wildman–Crippen LogP) is 2.43. The van der Waals surface area contributed by atoms with Gasteiger partial charge < -0.3 is 19.9 Å². The number of aliphatic carboxylic acids is 1. The Bertz CT molecular complexity index is 588. The van der Waals surface area contributed by atoms with Gasteiger partial charge in [0.15, 0.2) is 0 Å². The van der Waals surface area contributed by atoms with Gasteiger partial charge in [-0.25, -0.2) is 4.79 Å². The number of benzene rings is 1. The van der Waals surface area contributed by atoms with Gasteiger partial charge in [0.25, 0.3) is 0 Å². The zero-order valence-electron chi connectivity index (χ0n) is 14.1. The zero-order chi connectivity index (χ0) is 17.9. The summed E-state index contributed by atoms with van der Waals surface area (Å²) in [4.78, 5) is 23.1. The molecular formula is C17H23NO5S. The second-order valence-corrected chi connectivity index (χ2v) is 6.22. The molecule has 0 aliphatic carbocycles. The molecule has 24 heavy (non-hydrogen) atoms. The first-order valence-corrected chi connectivity index (χ1v) is 8.68. The Kier molecular flexibility index (Phi) is 8.78. The first-order valence-electron chi connectivity index (χ1n) is 7.53. The molecule has 0 saturated heterocycles. The van der Waals surface area contributed by atoms with Crippen LogP contribution in [0.15, 0.2) is 24.3 Å². The molecule has 2 N–H and O–H groups in total. The molecule has 0 radical (unpaired) electrons. The standard InChI is InChI=1S/C17H23NO5S/c1-4-24-10-9-14(17(20)21)18-16(19)8-6-12-5-7-13(22-2)11-15(12)23-3/h5-8,11,14H,4,9-10H2,1-3H3,(H,18,19)(H,20,21)/b8-6+. The number of nitrogens with one attached hydrogen (secondary N) is 1. The maximum atomic E-state index is 12.0. The summed E-state index contributed by atoms with van der Waals surface area (Å²) in [5.74, 6) is 1.32. The third-order valence-corrected chi connectivity index (χ3v) is 4.16. The Hall–Kier alpha value is -2.15. The highest BCUT2D eigenvalue weighted by Gasteiger charge is 2.18. The molecule has 0 aromatic heterocycles. The molecule has 0 bridgehead atoms. The number of thioether (sulfide) groups is 1. The van der Waals surface area contributed by atoms with Crippen LogP contribution in [-0.4, -0.2) is 48.8 Å². The summed E-state index contributed by atoms with van der Waals surface area (Å²) in [6.45, 7) is 2.00. The van der Waals surface area contributed by atoms with Crippen LogP contribution in [0, 0.1) is 0 Å². The van der Waals surface area contributed by atoms with Crippen LogP contribution < -0.4 is 14.8 Å². The number of rotatable bonds is 10. The number of hydrogen-bond donors (Lipinski definition) is 2. The van der Waals surface area contributed by atoms with Crippen molar-refractivity contribution in [1.82, 2.24) is 5.32 Å². The molecule has 1 aromatic rings. The molecule has 7 heteroatoms. The van der Waals surface area contributed by atoms with E-state index in [0.29, 0.717) is 29.2 Å². The van der Waals surface area contributed by atoms with Crippen molar-refractivity contribution in [2.45, 2.75) is 19.4 Å². The molecule has 132 valence electrons. The molecule has 0 fully saturated rings. The number of amides is 1. The summed E-state index contributed by atoms with van der Waals surface area (Å²) in [5.41, 5.74) is 0.696. The van der Waals surface area contributed by atoms with Crippen LogP contribution in [0.3, 0.4) is 0 Å². The summed E-state index contributed by atoms with van der Waals surface area (Å²) >= 11 is 1.64. The van der Waals surface area contributed by atoms with Crippen LogP contribution in [0.1, 0.15) is 18.9 Å². The molecule has 1 unspecified atom stereocenters. The van der Waals surface area contributed by atoms with Gasteiger partial charge in [-0.15, -0.1) is 0 Å². The van der Waals surface area contributed by atoms with Crippen LogP contribution in [0.4, 0.5) is 0 Å². The smallest absolute Gasteiger partial charge is 0.326 e. The lowest BCUT2D eigenvalue weighted by Crippen LogP contribution is -2.40. The van der Waals surface area contributed by atoms with Crippen LogP contribution in [-0.2, 0) is 9.59 Å². The Labute approximate surface area is 146 Å². The Morgan fingerprint density at radius 2 is 2.08 bits per heavy atom. The van der Waals surface area contributed by atoms with Crippen LogP contribution >= 0.6 is 11.8 Å². The van der Waals surface area contributed by atoms with Crippen LogP contribution in [0.25, 0.3) is 6.08 Å².